The van der Waals surface area contributed by atoms with Crippen molar-refractivity contribution in [1.82, 2.24) is 10.2 Å². The minimum atomic E-state index is 0.350. The standard InChI is InChI=1S/C11H20N2O/c1-13(10-5-6-12-8-10)11(14)7-9-3-2-4-9/h9-10,12H,2-8H2,1H3/t10-/m1/s1. The third-order valence-corrected chi connectivity index (χ3v) is 3.66. The van der Waals surface area contributed by atoms with Crippen molar-refractivity contribution >= 4 is 5.91 Å². The van der Waals surface area contributed by atoms with Gasteiger partial charge in [0.25, 0.3) is 0 Å². The number of likely N-dealkylation sites (N-methyl/N-ethyl adjacent to an activating group) is 1. The van der Waals surface area contributed by atoms with Crippen molar-refractivity contribution in [2.24, 2.45) is 5.92 Å². The van der Waals surface area contributed by atoms with Gasteiger partial charge in [0.1, 0.15) is 0 Å². The van der Waals surface area contributed by atoms with Gasteiger partial charge >= 0.3 is 0 Å². The van der Waals surface area contributed by atoms with Crippen LogP contribution < -0.4 is 5.32 Å². The van der Waals surface area contributed by atoms with Crippen LogP contribution in [-0.2, 0) is 4.79 Å². The second-order valence-electron chi connectivity index (χ2n) is 4.65. The van der Waals surface area contributed by atoms with Crippen molar-refractivity contribution in [3.63, 3.8) is 0 Å². The molecule has 2 fully saturated rings. The lowest BCUT2D eigenvalue weighted by Crippen LogP contribution is -2.39. The molecule has 0 aromatic carbocycles. The van der Waals surface area contributed by atoms with Gasteiger partial charge in [-0.1, -0.05) is 6.42 Å². The summed E-state index contributed by atoms with van der Waals surface area (Å²) in [5.74, 6) is 1.04. The van der Waals surface area contributed by atoms with Crippen molar-refractivity contribution in [3.8, 4) is 0 Å². The van der Waals surface area contributed by atoms with Crippen LogP contribution in [0.4, 0.5) is 0 Å². The maximum atomic E-state index is 11.8. The van der Waals surface area contributed by atoms with E-state index in [2.05, 4.69) is 5.32 Å². The van der Waals surface area contributed by atoms with Gasteiger partial charge in [0.05, 0.1) is 0 Å². The van der Waals surface area contributed by atoms with Crippen LogP contribution in [0.25, 0.3) is 0 Å². The van der Waals surface area contributed by atoms with E-state index in [-0.39, 0.29) is 0 Å². The molecule has 0 aromatic heterocycles. The second-order valence-corrected chi connectivity index (χ2v) is 4.65. The van der Waals surface area contributed by atoms with Crippen LogP contribution in [0.2, 0.25) is 0 Å². The summed E-state index contributed by atoms with van der Waals surface area (Å²) in [6.07, 6.45) is 5.76. The zero-order valence-corrected chi connectivity index (χ0v) is 8.96. The Labute approximate surface area is 85.8 Å². The number of rotatable bonds is 3. The Morgan fingerprint density at radius 2 is 2.21 bits per heavy atom. The fraction of sp³-hybridized carbons (Fsp3) is 0.909. The van der Waals surface area contributed by atoms with Gasteiger partial charge in [-0.3, -0.25) is 4.79 Å². The van der Waals surface area contributed by atoms with Crippen LogP contribution in [0.15, 0.2) is 0 Å². The molecule has 1 aliphatic heterocycles. The Morgan fingerprint density at radius 1 is 1.43 bits per heavy atom. The van der Waals surface area contributed by atoms with Gasteiger partial charge in [-0.05, 0) is 31.7 Å². The van der Waals surface area contributed by atoms with Gasteiger partial charge in [-0.25, -0.2) is 0 Å². The Kier molecular flexibility index (Phi) is 3.06. The van der Waals surface area contributed by atoms with Crippen molar-refractivity contribution in [2.45, 2.75) is 38.1 Å². The van der Waals surface area contributed by atoms with Gasteiger partial charge in [-0.2, -0.15) is 0 Å². The van der Waals surface area contributed by atoms with Crippen LogP contribution in [0.5, 0.6) is 0 Å². The van der Waals surface area contributed by atoms with E-state index < -0.39 is 0 Å². The van der Waals surface area contributed by atoms with Gasteiger partial charge in [0.2, 0.25) is 5.91 Å². The van der Waals surface area contributed by atoms with Gasteiger partial charge in [0.15, 0.2) is 0 Å². The minimum Gasteiger partial charge on any atom is -0.341 e. The summed E-state index contributed by atoms with van der Waals surface area (Å²) in [6, 6.07) is 0.447. The lowest BCUT2D eigenvalue weighted by Gasteiger charge is -2.29. The molecule has 1 saturated carbocycles. The number of nitrogens with zero attached hydrogens (tertiary/aromatic N) is 1. The Morgan fingerprint density at radius 3 is 2.71 bits per heavy atom. The molecular weight excluding hydrogens is 176 g/mol. The number of carbonyl (C=O) groups excluding carboxylic acids is 1. The molecular formula is C11H20N2O. The van der Waals surface area contributed by atoms with E-state index in [0.717, 1.165) is 25.9 Å². The molecule has 1 amide bonds. The average Bonchev–Trinajstić information content (AvgIpc) is 2.62. The molecule has 1 N–H and O–H groups in total. The van der Waals surface area contributed by atoms with E-state index in [0.29, 0.717) is 17.9 Å². The maximum Gasteiger partial charge on any atom is 0.222 e. The Hall–Kier alpha value is -0.570. The molecule has 0 unspecified atom stereocenters. The fourth-order valence-electron chi connectivity index (χ4n) is 2.26. The first-order chi connectivity index (χ1) is 6.77. The highest BCUT2D eigenvalue weighted by Gasteiger charge is 2.27. The van der Waals surface area contributed by atoms with E-state index in [1.165, 1.54) is 19.3 Å². The molecule has 2 rings (SSSR count). The summed E-state index contributed by atoms with van der Waals surface area (Å²) >= 11 is 0. The summed E-state index contributed by atoms with van der Waals surface area (Å²) < 4.78 is 0. The lowest BCUT2D eigenvalue weighted by molar-refractivity contribution is -0.133. The summed E-state index contributed by atoms with van der Waals surface area (Å²) in [5, 5.41) is 3.30. The second kappa shape index (κ2) is 4.30. The summed E-state index contributed by atoms with van der Waals surface area (Å²) in [5.41, 5.74) is 0. The Balaban J connectivity index is 1.77. The highest BCUT2D eigenvalue weighted by atomic mass is 16.2. The van der Waals surface area contributed by atoms with E-state index in [1.807, 2.05) is 11.9 Å². The molecule has 1 heterocycles. The SMILES string of the molecule is CN(C(=O)CC1CCC1)[C@@H]1CCNC1. The summed E-state index contributed by atoms with van der Waals surface area (Å²) in [7, 11) is 1.96. The monoisotopic (exact) mass is 196 g/mol. The molecule has 2 aliphatic rings. The van der Waals surface area contributed by atoms with E-state index in [4.69, 9.17) is 0 Å². The predicted octanol–water partition coefficient (Wildman–Crippen LogP) is 0.997. The molecule has 0 radical (unpaired) electrons. The molecule has 80 valence electrons. The maximum absolute atomic E-state index is 11.8. The number of nitrogens with one attached hydrogen (secondary N) is 1. The number of carbonyl (C=O) groups is 1. The third kappa shape index (κ3) is 2.08. The lowest BCUT2D eigenvalue weighted by atomic mass is 9.82. The van der Waals surface area contributed by atoms with Crippen molar-refractivity contribution < 1.29 is 4.79 Å². The number of hydrogen-bond donors (Lipinski definition) is 1. The highest BCUT2D eigenvalue weighted by molar-refractivity contribution is 5.76. The zero-order chi connectivity index (χ0) is 9.97. The van der Waals surface area contributed by atoms with Crippen LogP contribution in [0.3, 0.4) is 0 Å². The molecule has 14 heavy (non-hydrogen) atoms. The third-order valence-electron chi connectivity index (χ3n) is 3.66. The van der Waals surface area contributed by atoms with Crippen molar-refractivity contribution in [3.05, 3.63) is 0 Å². The normalized spacial score (nSPS) is 27.4. The zero-order valence-electron chi connectivity index (χ0n) is 8.96. The highest BCUT2D eigenvalue weighted by Crippen LogP contribution is 2.30. The smallest absolute Gasteiger partial charge is 0.222 e. The van der Waals surface area contributed by atoms with Crippen LogP contribution in [0, 0.1) is 5.92 Å². The summed E-state index contributed by atoms with van der Waals surface area (Å²) in [4.78, 5) is 13.8. The molecule has 3 heteroatoms. The van der Waals surface area contributed by atoms with Gasteiger partial charge < -0.3 is 10.2 Å². The topological polar surface area (TPSA) is 32.3 Å². The largest absolute Gasteiger partial charge is 0.341 e. The molecule has 1 aliphatic carbocycles. The van der Waals surface area contributed by atoms with Crippen LogP contribution >= 0.6 is 0 Å². The number of amides is 1. The quantitative estimate of drug-likeness (QED) is 0.730. The minimum absolute atomic E-state index is 0.350. The van der Waals surface area contributed by atoms with Gasteiger partial charge in [-0.15, -0.1) is 0 Å². The van der Waals surface area contributed by atoms with E-state index in [1.54, 1.807) is 0 Å². The van der Waals surface area contributed by atoms with E-state index >= 15 is 0 Å². The molecule has 0 spiro atoms. The van der Waals surface area contributed by atoms with Crippen molar-refractivity contribution in [1.29, 1.82) is 0 Å². The Bertz CT molecular complexity index is 207. The predicted molar refractivity (Wildman–Crippen MR) is 56.0 cm³/mol. The molecule has 0 aromatic rings. The van der Waals surface area contributed by atoms with Gasteiger partial charge in [0, 0.05) is 26.1 Å². The van der Waals surface area contributed by atoms with Crippen LogP contribution in [-0.4, -0.2) is 37.0 Å². The number of hydrogen-bond acceptors (Lipinski definition) is 2. The first-order valence-electron chi connectivity index (χ1n) is 5.74. The first kappa shape index (κ1) is 9.97. The molecule has 1 saturated heterocycles. The molecule has 0 bridgehead atoms. The van der Waals surface area contributed by atoms with Crippen molar-refractivity contribution in [2.75, 3.05) is 20.1 Å². The average molecular weight is 196 g/mol. The molecule has 1 atom stereocenters. The van der Waals surface area contributed by atoms with Crippen LogP contribution in [0.1, 0.15) is 32.1 Å². The first-order valence-corrected chi connectivity index (χ1v) is 5.74. The summed E-state index contributed by atoms with van der Waals surface area (Å²) in [6.45, 7) is 2.04. The fourth-order valence-corrected chi connectivity index (χ4v) is 2.26. The molecule has 3 nitrogen and oxygen atoms in total. The van der Waals surface area contributed by atoms with E-state index in [9.17, 15) is 4.79 Å².